The lowest BCUT2D eigenvalue weighted by molar-refractivity contribution is 0.104. The van der Waals surface area contributed by atoms with Crippen molar-refractivity contribution in [3.8, 4) is 17.2 Å². The standard InChI is InChI=1S/C49H80O4S/c1-7-10-13-16-19-22-25-28-37-51-46-40-43(45(50)36-33-42-31-34-44(35-32-42)54-49(4,5)6)41-47(52-38-29-26-23-20-17-14-11-8-2)48(46)53-39-30-27-24-21-18-15-12-9-3/h31-36,40-41H,7-30,37-39H2,1-6H3/b36-33+. The zero-order chi connectivity index (χ0) is 39.1. The molecule has 0 atom stereocenters. The van der Waals surface area contributed by atoms with Gasteiger partial charge in [0.05, 0.1) is 19.8 Å². The van der Waals surface area contributed by atoms with Crippen LogP contribution in [0.3, 0.4) is 0 Å². The molecule has 0 spiro atoms. The number of carbonyl (C=O) groups excluding carboxylic acids is 1. The number of rotatable bonds is 34. The molecule has 0 saturated heterocycles. The van der Waals surface area contributed by atoms with E-state index < -0.39 is 0 Å². The first-order valence-corrected chi connectivity index (χ1v) is 23.2. The number of ether oxygens (including phenoxy) is 3. The van der Waals surface area contributed by atoms with E-state index in [0.29, 0.717) is 42.6 Å². The highest BCUT2D eigenvalue weighted by Crippen LogP contribution is 2.40. The lowest BCUT2D eigenvalue weighted by Gasteiger charge is -2.18. The lowest BCUT2D eigenvalue weighted by atomic mass is 10.1. The molecule has 0 aromatic heterocycles. The average Bonchev–Trinajstić information content (AvgIpc) is 3.15. The molecule has 2 aromatic carbocycles. The van der Waals surface area contributed by atoms with Crippen LogP contribution in [0, 0.1) is 0 Å². The van der Waals surface area contributed by atoms with Crippen molar-refractivity contribution < 1.29 is 19.0 Å². The van der Waals surface area contributed by atoms with Gasteiger partial charge in [0, 0.05) is 15.2 Å². The minimum absolute atomic E-state index is 0.0633. The summed E-state index contributed by atoms with van der Waals surface area (Å²) in [5, 5.41) is 0. The van der Waals surface area contributed by atoms with Gasteiger partial charge in [0.25, 0.3) is 0 Å². The lowest BCUT2D eigenvalue weighted by Crippen LogP contribution is -2.08. The van der Waals surface area contributed by atoms with Crippen molar-refractivity contribution in [2.45, 2.75) is 205 Å². The van der Waals surface area contributed by atoms with Gasteiger partial charge in [0.2, 0.25) is 5.75 Å². The fourth-order valence-corrected chi connectivity index (χ4v) is 7.57. The smallest absolute Gasteiger partial charge is 0.203 e. The Hall–Kier alpha value is -2.40. The maximum Gasteiger partial charge on any atom is 0.203 e. The van der Waals surface area contributed by atoms with E-state index in [9.17, 15) is 4.79 Å². The van der Waals surface area contributed by atoms with Crippen molar-refractivity contribution in [1.29, 1.82) is 0 Å². The summed E-state index contributed by atoms with van der Waals surface area (Å²) in [7, 11) is 0. The highest BCUT2D eigenvalue weighted by atomic mass is 32.2. The summed E-state index contributed by atoms with van der Waals surface area (Å²) >= 11 is 1.85. The second-order valence-electron chi connectivity index (χ2n) is 16.3. The van der Waals surface area contributed by atoms with Crippen LogP contribution in [0.1, 0.15) is 212 Å². The van der Waals surface area contributed by atoms with Crippen LogP contribution in [0.15, 0.2) is 47.4 Å². The van der Waals surface area contributed by atoms with Gasteiger partial charge in [-0.2, -0.15) is 0 Å². The summed E-state index contributed by atoms with van der Waals surface area (Å²) in [4.78, 5) is 14.9. The van der Waals surface area contributed by atoms with E-state index in [1.165, 1.54) is 120 Å². The molecule has 0 amide bonds. The molecule has 0 unspecified atom stereocenters. The van der Waals surface area contributed by atoms with Gasteiger partial charge in [-0.3, -0.25) is 4.79 Å². The van der Waals surface area contributed by atoms with Crippen molar-refractivity contribution in [2.24, 2.45) is 0 Å². The number of hydrogen-bond donors (Lipinski definition) is 0. The Bertz CT molecular complexity index is 1200. The van der Waals surface area contributed by atoms with Gasteiger partial charge in [-0.1, -0.05) is 195 Å². The van der Waals surface area contributed by atoms with E-state index in [1.807, 2.05) is 30.0 Å². The summed E-state index contributed by atoms with van der Waals surface area (Å²) in [6, 6.07) is 12.2. The van der Waals surface area contributed by atoms with E-state index in [1.54, 1.807) is 6.08 Å². The molecule has 0 saturated carbocycles. The normalized spacial score (nSPS) is 11.7. The number of allylic oxidation sites excluding steroid dienone is 1. The van der Waals surface area contributed by atoms with Crippen molar-refractivity contribution in [3.63, 3.8) is 0 Å². The molecule has 0 aliphatic heterocycles. The largest absolute Gasteiger partial charge is 0.490 e. The second kappa shape index (κ2) is 30.8. The zero-order valence-corrected chi connectivity index (χ0v) is 36.6. The molecule has 2 rings (SSSR count). The first kappa shape index (κ1) is 47.8. The molecule has 0 fully saturated rings. The van der Waals surface area contributed by atoms with Crippen molar-refractivity contribution in [3.05, 3.63) is 53.6 Å². The number of hydrogen-bond acceptors (Lipinski definition) is 5. The molecular formula is C49H80O4S. The summed E-state index contributed by atoms with van der Waals surface area (Å²) in [5.74, 6) is 1.86. The molecule has 2 aromatic rings. The van der Waals surface area contributed by atoms with E-state index in [0.717, 1.165) is 44.1 Å². The molecule has 306 valence electrons. The van der Waals surface area contributed by atoms with E-state index in [2.05, 4.69) is 65.8 Å². The summed E-state index contributed by atoms with van der Waals surface area (Å²) < 4.78 is 19.6. The first-order chi connectivity index (χ1) is 26.3. The molecule has 0 radical (unpaired) electrons. The zero-order valence-electron chi connectivity index (χ0n) is 35.8. The van der Waals surface area contributed by atoms with Gasteiger partial charge in [0.1, 0.15) is 0 Å². The number of carbonyl (C=O) groups is 1. The van der Waals surface area contributed by atoms with Crippen LogP contribution in [0.4, 0.5) is 0 Å². The number of ketones is 1. The van der Waals surface area contributed by atoms with Crippen LogP contribution in [-0.2, 0) is 0 Å². The van der Waals surface area contributed by atoms with Gasteiger partial charge in [-0.05, 0) is 55.2 Å². The predicted octanol–water partition coefficient (Wildman–Crippen LogP) is 16.0. The Morgan fingerprint density at radius 1 is 0.537 bits per heavy atom. The summed E-state index contributed by atoms with van der Waals surface area (Å²) in [5.41, 5.74) is 1.58. The third-order valence-electron chi connectivity index (χ3n) is 9.79. The van der Waals surface area contributed by atoms with Crippen molar-refractivity contribution in [2.75, 3.05) is 19.8 Å². The van der Waals surface area contributed by atoms with Crippen LogP contribution in [0.25, 0.3) is 6.08 Å². The molecular weight excluding hydrogens is 685 g/mol. The predicted molar refractivity (Wildman–Crippen MR) is 236 cm³/mol. The Balaban J connectivity index is 2.19. The molecule has 54 heavy (non-hydrogen) atoms. The first-order valence-electron chi connectivity index (χ1n) is 22.3. The monoisotopic (exact) mass is 765 g/mol. The molecule has 0 aliphatic rings. The molecule has 4 nitrogen and oxygen atoms in total. The SMILES string of the molecule is CCCCCCCCCCOc1cc(C(=O)/C=C/c2ccc(SC(C)(C)C)cc2)cc(OCCCCCCCCCC)c1OCCCCCCCCCC. The number of thioether (sulfide) groups is 1. The fourth-order valence-electron chi connectivity index (χ4n) is 6.59. The number of benzene rings is 2. The molecule has 5 heteroatoms. The van der Waals surface area contributed by atoms with Crippen LogP contribution < -0.4 is 14.2 Å². The van der Waals surface area contributed by atoms with Crippen LogP contribution >= 0.6 is 11.8 Å². The Kier molecular flexibility index (Phi) is 27.2. The van der Waals surface area contributed by atoms with Crippen LogP contribution in [-0.4, -0.2) is 30.4 Å². The van der Waals surface area contributed by atoms with E-state index in [4.69, 9.17) is 14.2 Å². The minimum Gasteiger partial charge on any atom is -0.490 e. The van der Waals surface area contributed by atoms with Gasteiger partial charge >= 0.3 is 0 Å². The van der Waals surface area contributed by atoms with Gasteiger partial charge < -0.3 is 14.2 Å². The molecule has 0 aliphatic carbocycles. The van der Waals surface area contributed by atoms with Crippen molar-refractivity contribution in [1.82, 2.24) is 0 Å². The highest BCUT2D eigenvalue weighted by Gasteiger charge is 2.19. The quantitative estimate of drug-likeness (QED) is 0.0307. The fraction of sp³-hybridized carbons (Fsp3) is 0.694. The van der Waals surface area contributed by atoms with Gasteiger partial charge in [-0.25, -0.2) is 0 Å². The van der Waals surface area contributed by atoms with E-state index >= 15 is 0 Å². The third kappa shape index (κ3) is 23.5. The second-order valence-corrected chi connectivity index (χ2v) is 18.2. The van der Waals surface area contributed by atoms with Gasteiger partial charge in [-0.15, -0.1) is 11.8 Å². The van der Waals surface area contributed by atoms with Gasteiger partial charge in [0.15, 0.2) is 17.3 Å². The minimum atomic E-state index is -0.0633. The Morgan fingerprint density at radius 2 is 0.907 bits per heavy atom. The maximum absolute atomic E-state index is 13.7. The maximum atomic E-state index is 13.7. The Morgan fingerprint density at radius 3 is 1.30 bits per heavy atom. The average molecular weight is 765 g/mol. The summed E-state index contributed by atoms with van der Waals surface area (Å²) in [6.07, 6.45) is 33.5. The molecule has 0 heterocycles. The third-order valence-corrected chi connectivity index (χ3v) is 10.9. The number of unbranched alkanes of at least 4 members (excludes halogenated alkanes) is 21. The molecule has 0 bridgehead atoms. The van der Waals surface area contributed by atoms with Crippen LogP contribution in [0.5, 0.6) is 17.2 Å². The van der Waals surface area contributed by atoms with E-state index in [-0.39, 0.29) is 10.5 Å². The molecule has 0 N–H and O–H groups in total. The van der Waals surface area contributed by atoms with Crippen molar-refractivity contribution >= 4 is 23.6 Å². The highest BCUT2D eigenvalue weighted by molar-refractivity contribution is 8.00. The summed E-state index contributed by atoms with van der Waals surface area (Å²) in [6.45, 7) is 15.3. The topological polar surface area (TPSA) is 44.8 Å². The Labute approximate surface area is 337 Å². The van der Waals surface area contributed by atoms with Crippen LogP contribution in [0.2, 0.25) is 0 Å².